The van der Waals surface area contributed by atoms with E-state index in [1.165, 1.54) is 11.3 Å². The van der Waals surface area contributed by atoms with Crippen molar-refractivity contribution in [3.05, 3.63) is 63.4 Å². The molecule has 0 aliphatic rings. The Kier molecular flexibility index (Phi) is 5.31. The van der Waals surface area contributed by atoms with Crippen molar-refractivity contribution in [2.24, 2.45) is 0 Å². The SMILES string of the molecule is O[C@H](COc1ccc(Cl)cc1Cl)Cn1c(-c2cscn2)nc2ccccc21. The van der Waals surface area contributed by atoms with E-state index in [1.54, 1.807) is 23.7 Å². The van der Waals surface area contributed by atoms with Crippen LogP contribution in [0.3, 0.4) is 0 Å². The number of aromatic nitrogens is 3. The van der Waals surface area contributed by atoms with Crippen molar-refractivity contribution in [2.75, 3.05) is 6.61 Å². The molecule has 2 aromatic heterocycles. The minimum Gasteiger partial charge on any atom is -0.489 e. The first-order chi connectivity index (χ1) is 13.1. The molecule has 0 spiro atoms. The summed E-state index contributed by atoms with van der Waals surface area (Å²) >= 11 is 13.5. The molecule has 27 heavy (non-hydrogen) atoms. The predicted molar refractivity (Wildman–Crippen MR) is 109 cm³/mol. The minimum atomic E-state index is -0.758. The number of para-hydroxylation sites is 2. The van der Waals surface area contributed by atoms with Crippen LogP contribution in [-0.4, -0.2) is 32.4 Å². The van der Waals surface area contributed by atoms with Gasteiger partial charge < -0.3 is 14.4 Å². The maximum absolute atomic E-state index is 10.5. The fourth-order valence-corrected chi connectivity index (χ4v) is 3.81. The van der Waals surface area contributed by atoms with E-state index in [9.17, 15) is 5.11 Å². The molecular formula is C19H15Cl2N3O2S. The maximum atomic E-state index is 10.5. The van der Waals surface area contributed by atoms with Gasteiger partial charge in [-0.1, -0.05) is 35.3 Å². The second-order valence-corrected chi connectivity index (χ2v) is 7.51. The van der Waals surface area contributed by atoms with Crippen LogP contribution in [0, 0.1) is 0 Å². The molecule has 0 unspecified atom stereocenters. The average Bonchev–Trinajstić information content (AvgIpc) is 3.29. The van der Waals surface area contributed by atoms with Crippen molar-refractivity contribution in [3.63, 3.8) is 0 Å². The lowest BCUT2D eigenvalue weighted by Gasteiger charge is -2.16. The van der Waals surface area contributed by atoms with Gasteiger partial charge in [0.25, 0.3) is 0 Å². The number of aliphatic hydroxyl groups is 1. The summed E-state index contributed by atoms with van der Waals surface area (Å²) in [4.78, 5) is 9.03. The third kappa shape index (κ3) is 3.94. The van der Waals surface area contributed by atoms with Crippen LogP contribution >= 0.6 is 34.5 Å². The second-order valence-electron chi connectivity index (χ2n) is 5.95. The van der Waals surface area contributed by atoms with E-state index in [0.717, 1.165) is 22.6 Å². The number of aliphatic hydroxyl groups excluding tert-OH is 1. The Bertz CT molecular complexity index is 1070. The summed E-state index contributed by atoms with van der Waals surface area (Å²) in [6, 6.07) is 12.8. The monoisotopic (exact) mass is 419 g/mol. The molecule has 8 heteroatoms. The Hall–Kier alpha value is -2.12. The van der Waals surface area contributed by atoms with Crippen LogP contribution in [0.5, 0.6) is 5.75 Å². The molecule has 0 saturated heterocycles. The highest BCUT2D eigenvalue weighted by Crippen LogP contribution is 2.28. The molecule has 2 heterocycles. The Morgan fingerprint density at radius 1 is 1.19 bits per heavy atom. The summed E-state index contributed by atoms with van der Waals surface area (Å²) in [5, 5.41) is 13.4. The fraction of sp³-hybridized carbons (Fsp3) is 0.158. The van der Waals surface area contributed by atoms with Gasteiger partial charge in [-0.2, -0.15) is 0 Å². The molecule has 0 aliphatic carbocycles. The van der Waals surface area contributed by atoms with E-state index in [4.69, 9.17) is 27.9 Å². The van der Waals surface area contributed by atoms with Crippen LogP contribution in [0.25, 0.3) is 22.6 Å². The summed E-state index contributed by atoms with van der Waals surface area (Å²) in [5.74, 6) is 1.20. The van der Waals surface area contributed by atoms with Gasteiger partial charge in [0.2, 0.25) is 0 Å². The molecule has 2 aromatic carbocycles. The smallest absolute Gasteiger partial charge is 0.160 e. The molecule has 0 amide bonds. The third-order valence-electron chi connectivity index (χ3n) is 4.03. The van der Waals surface area contributed by atoms with E-state index in [0.29, 0.717) is 22.3 Å². The van der Waals surface area contributed by atoms with Crippen molar-refractivity contribution in [3.8, 4) is 17.3 Å². The first kappa shape index (κ1) is 18.3. The van der Waals surface area contributed by atoms with E-state index >= 15 is 0 Å². The zero-order valence-corrected chi connectivity index (χ0v) is 16.4. The molecular weight excluding hydrogens is 405 g/mol. The number of fused-ring (bicyclic) bond motifs is 1. The summed E-state index contributed by atoms with van der Waals surface area (Å²) in [6.45, 7) is 0.406. The number of thiazole rings is 1. The highest BCUT2D eigenvalue weighted by Gasteiger charge is 2.17. The fourth-order valence-electron chi connectivity index (χ4n) is 2.82. The molecule has 1 N–H and O–H groups in total. The average molecular weight is 420 g/mol. The van der Waals surface area contributed by atoms with Crippen molar-refractivity contribution in [1.82, 2.24) is 14.5 Å². The highest BCUT2D eigenvalue weighted by atomic mass is 35.5. The van der Waals surface area contributed by atoms with Gasteiger partial charge in [-0.05, 0) is 30.3 Å². The summed E-state index contributed by atoms with van der Waals surface area (Å²) < 4.78 is 7.62. The standard InChI is InChI=1S/C19H15Cl2N3O2S/c20-12-5-6-18(14(21)7-12)26-9-13(25)8-24-17-4-2-1-3-15(17)23-19(24)16-10-27-11-22-16/h1-7,10-11,13,25H,8-9H2/t13-/m0/s1. The summed E-state index contributed by atoms with van der Waals surface area (Å²) in [5.41, 5.74) is 4.34. The number of nitrogens with zero attached hydrogens (tertiary/aromatic N) is 3. The van der Waals surface area contributed by atoms with Gasteiger partial charge in [-0.25, -0.2) is 9.97 Å². The molecule has 0 aliphatic heterocycles. The van der Waals surface area contributed by atoms with E-state index in [2.05, 4.69) is 9.97 Å². The first-order valence-corrected chi connectivity index (χ1v) is 9.91. The Balaban J connectivity index is 1.56. The van der Waals surface area contributed by atoms with E-state index < -0.39 is 6.10 Å². The van der Waals surface area contributed by atoms with Gasteiger partial charge in [0.1, 0.15) is 24.2 Å². The Labute approximate surface area is 169 Å². The molecule has 4 aromatic rings. The van der Waals surface area contributed by atoms with Crippen molar-refractivity contribution < 1.29 is 9.84 Å². The molecule has 0 bridgehead atoms. The Morgan fingerprint density at radius 3 is 2.81 bits per heavy atom. The van der Waals surface area contributed by atoms with Gasteiger partial charge in [0, 0.05) is 10.4 Å². The van der Waals surface area contributed by atoms with Crippen molar-refractivity contribution in [2.45, 2.75) is 12.6 Å². The minimum absolute atomic E-state index is 0.0877. The molecule has 138 valence electrons. The normalized spacial score (nSPS) is 12.4. The third-order valence-corrected chi connectivity index (χ3v) is 5.15. The quantitative estimate of drug-likeness (QED) is 0.482. The maximum Gasteiger partial charge on any atom is 0.160 e. The van der Waals surface area contributed by atoms with Crippen molar-refractivity contribution >= 4 is 45.6 Å². The number of rotatable bonds is 6. The first-order valence-electron chi connectivity index (χ1n) is 8.21. The lowest BCUT2D eigenvalue weighted by atomic mass is 10.3. The van der Waals surface area contributed by atoms with Gasteiger partial charge in [-0.15, -0.1) is 11.3 Å². The highest BCUT2D eigenvalue weighted by molar-refractivity contribution is 7.07. The molecule has 1 atom stereocenters. The predicted octanol–water partition coefficient (Wildman–Crippen LogP) is 4.91. The second kappa shape index (κ2) is 7.86. The number of halogens is 2. The zero-order chi connectivity index (χ0) is 18.8. The molecule has 0 saturated carbocycles. The van der Waals surface area contributed by atoms with Crippen LogP contribution in [0.15, 0.2) is 53.4 Å². The van der Waals surface area contributed by atoms with Crippen LogP contribution < -0.4 is 4.74 Å². The van der Waals surface area contributed by atoms with Gasteiger partial charge >= 0.3 is 0 Å². The van der Waals surface area contributed by atoms with Crippen molar-refractivity contribution in [1.29, 1.82) is 0 Å². The zero-order valence-electron chi connectivity index (χ0n) is 14.0. The number of hydrogen-bond donors (Lipinski definition) is 1. The molecule has 4 rings (SSSR count). The van der Waals surface area contributed by atoms with Crippen LogP contribution in [0.2, 0.25) is 10.0 Å². The van der Waals surface area contributed by atoms with Crippen LogP contribution in [0.4, 0.5) is 0 Å². The summed E-state index contributed by atoms with van der Waals surface area (Å²) in [6.07, 6.45) is -0.758. The van der Waals surface area contributed by atoms with Crippen LogP contribution in [-0.2, 0) is 6.54 Å². The largest absolute Gasteiger partial charge is 0.489 e. The molecule has 0 fully saturated rings. The molecule has 0 radical (unpaired) electrons. The Morgan fingerprint density at radius 2 is 2.04 bits per heavy atom. The van der Waals surface area contributed by atoms with Gasteiger partial charge in [-0.3, -0.25) is 0 Å². The number of imidazole rings is 1. The van der Waals surface area contributed by atoms with Gasteiger partial charge in [0.05, 0.1) is 28.1 Å². The molecule has 5 nitrogen and oxygen atoms in total. The number of benzene rings is 2. The topological polar surface area (TPSA) is 60.2 Å². The summed E-state index contributed by atoms with van der Waals surface area (Å²) in [7, 11) is 0. The van der Waals surface area contributed by atoms with E-state index in [1.807, 2.05) is 34.2 Å². The van der Waals surface area contributed by atoms with Crippen LogP contribution in [0.1, 0.15) is 0 Å². The number of ether oxygens (including phenoxy) is 1. The van der Waals surface area contributed by atoms with Gasteiger partial charge in [0.15, 0.2) is 5.82 Å². The lowest BCUT2D eigenvalue weighted by Crippen LogP contribution is -2.24. The number of hydrogen-bond acceptors (Lipinski definition) is 5. The van der Waals surface area contributed by atoms with E-state index in [-0.39, 0.29) is 6.61 Å². The lowest BCUT2D eigenvalue weighted by molar-refractivity contribution is 0.0938.